The molecule has 0 saturated carbocycles. The van der Waals surface area contributed by atoms with Crippen LogP contribution in [0, 0.1) is 0 Å². The minimum absolute atomic E-state index is 0.187. The number of hydrogen-bond acceptors (Lipinski definition) is 5. The quantitative estimate of drug-likeness (QED) is 0.665. The number of carbonyl (C=O) groups is 1. The Balaban J connectivity index is 1.45. The first-order valence-electron chi connectivity index (χ1n) is 11.4. The summed E-state index contributed by atoms with van der Waals surface area (Å²) in [6.07, 6.45) is 4.92. The Labute approximate surface area is 190 Å². The number of piperazine rings is 1. The van der Waals surface area contributed by atoms with Crippen molar-refractivity contribution in [2.75, 3.05) is 44.2 Å². The Bertz CT molecular complexity index is 895. The van der Waals surface area contributed by atoms with E-state index in [2.05, 4.69) is 34.0 Å². The first kappa shape index (κ1) is 22.0. The molecular weight excluding hydrogens is 410 g/mol. The van der Waals surface area contributed by atoms with Crippen molar-refractivity contribution in [3.8, 4) is 0 Å². The highest BCUT2D eigenvalue weighted by Crippen LogP contribution is 2.37. The van der Waals surface area contributed by atoms with Gasteiger partial charge in [0.15, 0.2) is 0 Å². The molecule has 0 spiro atoms. The number of nitrogens with zero attached hydrogens (tertiary/aromatic N) is 4. The van der Waals surface area contributed by atoms with Crippen LogP contribution < -0.4 is 10.2 Å². The zero-order valence-electron chi connectivity index (χ0n) is 18.5. The normalized spacial score (nSPS) is 19.4. The molecule has 1 N–H and O–H groups in total. The van der Waals surface area contributed by atoms with Gasteiger partial charge in [-0.15, -0.1) is 0 Å². The van der Waals surface area contributed by atoms with Crippen molar-refractivity contribution in [1.29, 1.82) is 0 Å². The van der Waals surface area contributed by atoms with E-state index in [1.165, 1.54) is 11.3 Å². The summed E-state index contributed by atoms with van der Waals surface area (Å²) in [6.45, 7) is 8.98. The molecule has 2 aliphatic rings. The van der Waals surface area contributed by atoms with Crippen LogP contribution in [0.2, 0.25) is 5.02 Å². The first-order chi connectivity index (χ1) is 15.1. The van der Waals surface area contributed by atoms with Crippen molar-refractivity contribution in [3.63, 3.8) is 0 Å². The summed E-state index contributed by atoms with van der Waals surface area (Å²) in [6, 6.07) is 7.68. The van der Waals surface area contributed by atoms with Gasteiger partial charge in [0, 0.05) is 49.0 Å². The third-order valence-electron chi connectivity index (χ3n) is 6.49. The highest BCUT2D eigenvalue weighted by molar-refractivity contribution is 6.30. The topological polar surface area (TPSA) is 61.4 Å². The Morgan fingerprint density at radius 2 is 1.94 bits per heavy atom. The van der Waals surface area contributed by atoms with E-state index in [1.54, 1.807) is 6.33 Å². The zero-order chi connectivity index (χ0) is 21.8. The molecule has 0 unspecified atom stereocenters. The third-order valence-corrected chi connectivity index (χ3v) is 6.74. The Morgan fingerprint density at radius 3 is 2.65 bits per heavy atom. The molecule has 166 valence electrons. The van der Waals surface area contributed by atoms with Crippen molar-refractivity contribution in [2.24, 2.45) is 0 Å². The van der Waals surface area contributed by atoms with Crippen LogP contribution in [0.4, 0.5) is 5.82 Å². The summed E-state index contributed by atoms with van der Waals surface area (Å²) < 4.78 is 0. The molecule has 2 heterocycles. The van der Waals surface area contributed by atoms with Crippen molar-refractivity contribution < 1.29 is 4.79 Å². The van der Waals surface area contributed by atoms with Gasteiger partial charge in [-0.25, -0.2) is 9.97 Å². The fourth-order valence-corrected chi connectivity index (χ4v) is 4.83. The molecule has 4 rings (SSSR count). The molecule has 31 heavy (non-hydrogen) atoms. The van der Waals surface area contributed by atoms with E-state index >= 15 is 0 Å². The SMILES string of the molecule is CCCNC[C@@H](C(=O)N1CCN(c2ncnc3c2[C@H](C)CC3)CC1)c1ccc(Cl)cc1. The molecular formula is C24H32ClN5O. The minimum atomic E-state index is -0.196. The number of aromatic nitrogens is 2. The number of aryl methyl sites for hydroxylation is 1. The second-order valence-corrected chi connectivity index (χ2v) is 9.05. The van der Waals surface area contributed by atoms with Gasteiger partial charge in [-0.05, 0) is 49.4 Å². The van der Waals surface area contributed by atoms with Gasteiger partial charge in [0.05, 0.1) is 5.92 Å². The van der Waals surface area contributed by atoms with Crippen LogP contribution in [0.5, 0.6) is 0 Å². The average Bonchev–Trinajstić information content (AvgIpc) is 3.18. The van der Waals surface area contributed by atoms with E-state index in [9.17, 15) is 4.79 Å². The summed E-state index contributed by atoms with van der Waals surface area (Å²) in [5, 5.41) is 4.12. The number of benzene rings is 1. The zero-order valence-corrected chi connectivity index (χ0v) is 19.2. The van der Waals surface area contributed by atoms with Crippen LogP contribution >= 0.6 is 11.6 Å². The van der Waals surface area contributed by atoms with Crippen LogP contribution in [0.1, 0.15) is 55.3 Å². The van der Waals surface area contributed by atoms with Gasteiger partial charge in [-0.1, -0.05) is 37.6 Å². The van der Waals surface area contributed by atoms with E-state index in [4.69, 9.17) is 11.6 Å². The number of amides is 1. The largest absolute Gasteiger partial charge is 0.353 e. The van der Waals surface area contributed by atoms with E-state index in [0.717, 1.165) is 50.3 Å². The van der Waals surface area contributed by atoms with Crippen LogP contribution in [0.15, 0.2) is 30.6 Å². The standard InChI is InChI=1S/C24H32ClN5O/c1-3-10-26-15-20(18-5-7-19(25)8-6-18)24(31)30-13-11-29(12-14-30)23-22-17(2)4-9-21(22)27-16-28-23/h5-8,16-17,20,26H,3-4,9-15H2,1-2H3/t17-,20-/m1/s1. The van der Waals surface area contributed by atoms with Crippen molar-refractivity contribution in [3.05, 3.63) is 52.4 Å². The lowest BCUT2D eigenvalue weighted by Crippen LogP contribution is -2.51. The number of halogens is 1. The smallest absolute Gasteiger partial charge is 0.231 e. The monoisotopic (exact) mass is 441 g/mol. The maximum Gasteiger partial charge on any atom is 0.231 e. The fraction of sp³-hybridized carbons (Fsp3) is 0.542. The molecule has 1 saturated heterocycles. The second-order valence-electron chi connectivity index (χ2n) is 8.62. The number of fused-ring (bicyclic) bond motifs is 1. The Hall–Kier alpha value is -2.18. The maximum atomic E-state index is 13.5. The van der Waals surface area contributed by atoms with Crippen molar-refractivity contribution >= 4 is 23.3 Å². The van der Waals surface area contributed by atoms with Crippen LogP contribution in [0.3, 0.4) is 0 Å². The van der Waals surface area contributed by atoms with E-state index in [1.807, 2.05) is 29.2 Å². The van der Waals surface area contributed by atoms with Crippen LogP contribution in [-0.2, 0) is 11.2 Å². The molecule has 1 aliphatic carbocycles. The van der Waals surface area contributed by atoms with Gasteiger partial charge in [0.2, 0.25) is 5.91 Å². The van der Waals surface area contributed by atoms with Gasteiger partial charge in [-0.2, -0.15) is 0 Å². The highest BCUT2D eigenvalue weighted by Gasteiger charge is 2.31. The molecule has 1 amide bonds. The lowest BCUT2D eigenvalue weighted by Gasteiger charge is -2.38. The lowest BCUT2D eigenvalue weighted by atomic mass is 9.97. The highest BCUT2D eigenvalue weighted by atomic mass is 35.5. The number of rotatable bonds is 7. The molecule has 6 nitrogen and oxygen atoms in total. The number of anilines is 1. The Morgan fingerprint density at radius 1 is 1.19 bits per heavy atom. The number of hydrogen-bond donors (Lipinski definition) is 1. The molecule has 1 fully saturated rings. The average molecular weight is 442 g/mol. The van der Waals surface area contributed by atoms with E-state index in [-0.39, 0.29) is 11.8 Å². The molecule has 0 bridgehead atoms. The van der Waals surface area contributed by atoms with Crippen LogP contribution in [0.25, 0.3) is 0 Å². The predicted octanol–water partition coefficient (Wildman–Crippen LogP) is 3.61. The minimum Gasteiger partial charge on any atom is -0.353 e. The molecule has 1 aliphatic heterocycles. The van der Waals surface area contributed by atoms with Crippen LogP contribution in [-0.4, -0.2) is 60.0 Å². The lowest BCUT2D eigenvalue weighted by molar-refractivity contribution is -0.133. The van der Waals surface area contributed by atoms with Gasteiger partial charge < -0.3 is 15.1 Å². The molecule has 1 aromatic heterocycles. The van der Waals surface area contributed by atoms with Crippen molar-refractivity contribution in [1.82, 2.24) is 20.2 Å². The molecule has 2 atom stereocenters. The van der Waals surface area contributed by atoms with Gasteiger partial charge >= 0.3 is 0 Å². The predicted molar refractivity (Wildman–Crippen MR) is 125 cm³/mol. The molecule has 1 aromatic carbocycles. The summed E-state index contributed by atoms with van der Waals surface area (Å²) in [7, 11) is 0. The number of nitrogens with one attached hydrogen (secondary N) is 1. The summed E-state index contributed by atoms with van der Waals surface area (Å²) in [5.74, 6) is 1.57. The first-order valence-corrected chi connectivity index (χ1v) is 11.8. The van der Waals surface area contributed by atoms with Gasteiger partial charge in [-0.3, -0.25) is 4.79 Å². The Kier molecular flexibility index (Phi) is 7.08. The van der Waals surface area contributed by atoms with E-state index in [0.29, 0.717) is 30.6 Å². The molecule has 2 aromatic rings. The number of carbonyl (C=O) groups excluding carboxylic acids is 1. The van der Waals surface area contributed by atoms with Gasteiger partial charge in [0.25, 0.3) is 0 Å². The van der Waals surface area contributed by atoms with E-state index < -0.39 is 0 Å². The fourth-order valence-electron chi connectivity index (χ4n) is 4.70. The molecule has 7 heteroatoms. The van der Waals surface area contributed by atoms with Gasteiger partial charge in [0.1, 0.15) is 12.1 Å². The summed E-state index contributed by atoms with van der Waals surface area (Å²) >= 11 is 6.07. The van der Waals surface area contributed by atoms with Crippen molar-refractivity contribution in [2.45, 2.75) is 44.9 Å². The maximum absolute atomic E-state index is 13.5. The third kappa shape index (κ3) is 4.85. The summed E-state index contributed by atoms with van der Waals surface area (Å²) in [5.41, 5.74) is 3.52. The summed E-state index contributed by atoms with van der Waals surface area (Å²) in [4.78, 5) is 26.9. The second kappa shape index (κ2) is 9.96. The molecule has 0 radical (unpaired) electrons.